The molecular weight excluding hydrogens is 345 g/mol. The summed E-state index contributed by atoms with van der Waals surface area (Å²) < 4.78 is 19.4. The Morgan fingerprint density at radius 2 is 2.00 bits per heavy atom. The smallest absolute Gasteiger partial charge is 0.338 e. The molecule has 0 saturated carbocycles. The van der Waals surface area contributed by atoms with Gasteiger partial charge < -0.3 is 10.5 Å². The lowest BCUT2D eigenvalue weighted by molar-refractivity contribution is 0.0474. The van der Waals surface area contributed by atoms with Gasteiger partial charge in [-0.1, -0.05) is 13.0 Å². The highest BCUT2D eigenvalue weighted by atomic mass is 19.1. The largest absolute Gasteiger partial charge is 0.454 e. The van der Waals surface area contributed by atoms with Crippen LogP contribution in [-0.2, 0) is 11.3 Å². The number of Topliss-reactive ketones (excluding diaryl/α,β-unsaturated/α-hetero) is 1. The third kappa shape index (κ3) is 3.88. The Morgan fingerprint density at radius 3 is 2.62 bits per heavy atom. The zero-order chi connectivity index (χ0) is 19.4. The topological polar surface area (TPSA) is 124 Å². The zero-order valence-corrected chi connectivity index (χ0v) is 14.3. The van der Waals surface area contributed by atoms with Gasteiger partial charge in [0, 0.05) is 6.54 Å². The van der Waals surface area contributed by atoms with E-state index in [1.165, 1.54) is 19.1 Å². The van der Waals surface area contributed by atoms with E-state index in [2.05, 4.69) is 0 Å². The molecule has 0 atom stereocenters. The molecule has 0 aliphatic heterocycles. The third-order valence-corrected chi connectivity index (χ3v) is 3.71. The van der Waals surface area contributed by atoms with E-state index in [1.807, 2.05) is 4.98 Å². The summed E-state index contributed by atoms with van der Waals surface area (Å²) >= 11 is 0. The van der Waals surface area contributed by atoms with Crippen LogP contribution in [0.4, 0.5) is 10.2 Å². The van der Waals surface area contributed by atoms with Gasteiger partial charge in [-0.2, -0.15) is 0 Å². The number of halogens is 1. The quantitative estimate of drug-likeness (QED) is 0.583. The van der Waals surface area contributed by atoms with E-state index in [4.69, 9.17) is 10.5 Å². The maximum absolute atomic E-state index is 13.5. The summed E-state index contributed by atoms with van der Waals surface area (Å²) in [6, 6.07) is 3.75. The molecule has 0 radical (unpaired) electrons. The molecule has 8 nitrogen and oxygen atoms in total. The Morgan fingerprint density at radius 1 is 1.31 bits per heavy atom. The van der Waals surface area contributed by atoms with Crippen molar-refractivity contribution in [1.29, 1.82) is 0 Å². The van der Waals surface area contributed by atoms with Crippen molar-refractivity contribution in [3.63, 3.8) is 0 Å². The average Bonchev–Trinajstić information content (AvgIpc) is 2.58. The number of nitrogens with one attached hydrogen (secondary N) is 1. The minimum Gasteiger partial charge on any atom is -0.454 e. The highest BCUT2D eigenvalue weighted by molar-refractivity contribution is 6.02. The summed E-state index contributed by atoms with van der Waals surface area (Å²) in [6.45, 7) is 2.77. The van der Waals surface area contributed by atoms with Crippen LogP contribution in [0.3, 0.4) is 0 Å². The van der Waals surface area contributed by atoms with Gasteiger partial charge in [-0.05, 0) is 31.0 Å². The van der Waals surface area contributed by atoms with E-state index in [0.29, 0.717) is 12.0 Å². The molecule has 26 heavy (non-hydrogen) atoms. The van der Waals surface area contributed by atoms with Crippen LogP contribution in [0.25, 0.3) is 0 Å². The number of hydrogen-bond donors (Lipinski definition) is 2. The van der Waals surface area contributed by atoms with Crippen molar-refractivity contribution >= 4 is 17.6 Å². The number of esters is 1. The first-order valence-corrected chi connectivity index (χ1v) is 7.85. The first-order valence-electron chi connectivity index (χ1n) is 7.85. The summed E-state index contributed by atoms with van der Waals surface area (Å²) in [5.41, 5.74) is 3.91. The van der Waals surface area contributed by atoms with E-state index >= 15 is 0 Å². The van der Waals surface area contributed by atoms with Crippen LogP contribution in [-0.4, -0.2) is 27.9 Å². The second-order valence-corrected chi connectivity index (χ2v) is 5.63. The van der Waals surface area contributed by atoms with Gasteiger partial charge in [0.25, 0.3) is 5.56 Å². The number of nitrogens with zero attached hydrogens (tertiary/aromatic N) is 1. The number of aromatic amines is 1. The van der Waals surface area contributed by atoms with Crippen molar-refractivity contribution in [1.82, 2.24) is 9.55 Å². The number of nitrogens with two attached hydrogens (primary N) is 1. The molecular formula is C17H18FN3O5. The van der Waals surface area contributed by atoms with Gasteiger partial charge in [0.15, 0.2) is 6.61 Å². The van der Waals surface area contributed by atoms with Gasteiger partial charge in [-0.25, -0.2) is 14.0 Å². The van der Waals surface area contributed by atoms with E-state index in [9.17, 15) is 23.6 Å². The molecule has 138 valence electrons. The van der Waals surface area contributed by atoms with Gasteiger partial charge >= 0.3 is 11.7 Å². The van der Waals surface area contributed by atoms with E-state index in [-0.39, 0.29) is 17.9 Å². The van der Waals surface area contributed by atoms with Crippen LogP contribution in [0.5, 0.6) is 0 Å². The first-order chi connectivity index (χ1) is 12.3. The molecule has 0 aliphatic rings. The molecule has 0 spiro atoms. The van der Waals surface area contributed by atoms with Crippen molar-refractivity contribution in [3.8, 4) is 0 Å². The SMILES string of the molecule is CCCn1c(N)c(C(=O)COC(=O)c2ccc(C)c(F)c2)c(=O)[nH]c1=O. The van der Waals surface area contributed by atoms with E-state index < -0.39 is 41.0 Å². The Bertz CT molecular complexity index is 977. The Labute approximate surface area is 147 Å². The number of anilines is 1. The molecule has 2 aromatic rings. The van der Waals surface area contributed by atoms with Crippen molar-refractivity contribution in [2.24, 2.45) is 0 Å². The zero-order valence-electron chi connectivity index (χ0n) is 14.3. The lowest BCUT2D eigenvalue weighted by Gasteiger charge is -2.11. The van der Waals surface area contributed by atoms with E-state index in [0.717, 1.165) is 10.6 Å². The summed E-state index contributed by atoms with van der Waals surface area (Å²) in [5.74, 6) is -2.66. The highest BCUT2D eigenvalue weighted by Crippen LogP contribution is 2.11. The van der Waals surface area contributed by atoms with Crippen LogP contribution in [0, 0.1) is 12.7 Å². The number of carbonyl (C=O) groups is 2. The third-order valence-electron chi connectivity index (χ3n) is 3.71. The van der Waals surface area contributed by atoms with Gasteiger partial charge in [0.2, 0.25) is 5.78 Å². The van der Waals surface area contributed by atoms with Crippen LogP contribution in [0.15, 0.2) is 27.8 Å². The van der Waals surface area contributed by atoms with Gasteiger partial charge in [-0.3, -0.25) is 19.1 Å². The maximum Gasteiger partial charge on any atom is 0.338 e. The highest BCUT2D eigenvalue weighted by Gasteiger charge is 2.21. The predicted molar refractivity (Wildman–Crippen MR) is 91.8 cm³/mol. The normalized spacial score (nSPS) is 10.6. The van der Waals surface area contributed by atoms with Crippen LogP contribution in [0.1, 0.15) is 39.6 Å². The number of aromatic nitrogens is 2. The fraction of sp³-hybridized carbons (Fsp3) is 0.294. The average molecular weight is 363 g/mol. The molecule has 3 N–H and O–H groups in total. The molecule has 0 bridgehead atoms. The Balaban J connectivity index is 2.21. The molecule has 2 rings (SSSR count). The second-order valence-electron chi connectivity index (χ2n) is 5.63. The number of ether oxygens (including phenoxy) is 1. The number of carbonyl (C=O) groups excluding carboxylic acids is 2. The first kappa shape index (κ1) is 19.1. The van der Waals surface area contributed by atoms with Gasteiger partial charge in [0.1, 0.15) is 17.2 Å². The molecule has 1 heterocycles. The predicted octanol–water partition coefficient (Wildman–Crippen LogP) is 1.02. The van der Waals surface area contributed by atoms with E-state index in [1.54, 1.807) is 6.92 Å². The molecule has 9 heteroatoms. The molecule has 0 unspecified atom stereocenters. The van der Waals surface area contributed by atoms with Crippen molar-refractivity contribution in [3.05, 3.63) is 61.5 Å². The number of hydrogen-bond acceptors (Lipinski definition) is 6. The summed E-state index contributed by atoms with van der Waals surface area (Å²) in [7, 11) is 0. The summed E-state index contributed by atoms with van der Waals surface area (Å²) in [5, 5.41) is 0. The van der Waals surface area contributed by atoms with Crippen LogP contribution >= 0.6 is 0 Å². The lowest BCUT2D eigenvalue weighted by Crippen LogP contribution is -2.37. The minimum atomic E-state index is -0.956. The van der Waals surface area contributed by atoms with Crippen molar-refractivity contribution in [2.75, 3.05) is 12.3 Å². The Kier molecular flexibility index (Phi) is 5.71. The monoisotopic (exact) mass is 363 g/mol. The van der Waals surface area contributed by atoms with Gasteiger partial charge in [-0.15, -0.1) is 0 Å². The number of aryl methyl sites for hydroxylation is 1. The van der Waals surface area contributed by atoms with Crippen LogP contribution in [0.2, 0.25) is 0 Å². The summed E-state index contributed by atoms with van der Waals surface area (Å²) in [6.07, 6.45) is 0.553. The number of rotatable bonds is 6. The molecule has 0 aliphatic carbocycles. The van der Waals surface area contributed by atoms with Crippen molar-refractivity contribution < 1.29 is 18.7 Å². The minimum absolute atomic E-state index is 0.0706. The molecule has 0 amide bonds. The van der Waals surface area contributed by atoms with Crippen molar-refractivity contribution in [2.45, 2.75) is 26.8 Å². The maximum atomic E-state index is 13.5. The number of benzene rings is 1. The standard InChI is InChI=1S/C17H18FN3O5/c1-3-6-21-14(19)13(15(23)20-17(21)25)12(22)8-26-16(24)10-5-4-9(2)11(18)7-10/h4-5,7H,3,6,8,19H2,1-2H3,(H,20,23,25). The van der Waals surface area contributed by atoms with Crippen LogP contribution < -0.4 is 17.0 Å². The number of nitrogen functional groups attached to an aromatic ring is 1. The molecule has 1 aromatic heterocycles. The molecule has 0 fully saturated rings. The molecule has 1 aromatic carbocycles. The second kappa shape index (κ2) is 7.77. The lowest BCUT2D eigenvalue weighted by atomic mass is 10.1. The Hall–Kier alpha value is -3.23. The fourth-order valence-corrected chi connectivity index (χ4v) is 2.31. The summed E-state index contributed by atoms with van der Waals surface area (Å²) in [4.78, 5) is 49.8. The fourth-order valence-electron chi connectivity index (χ4n) is 2.31. The number of H-pyrrole nitrogens is 1. The molecule has 0 saturated heterocycles. The van der Waals surface area contributed by atoms with Gasteiger partial charge in [0.05, 0.1) is 5.56 Å². The number of ketones is 1.